The summed E-state index contributed by atoms with van der Waals surface area (Å²) in [6.07, 6.45) is 2.12. The van der Waals surface area contributed by atoms with Crippen LogP contribution in [0.15, 0.2) is 17.5 Å². The number of aliphatic carboxylic acids is 1. The molecule has 1 atom stereocenters. The number of methoxy groups -OCH3 is 1. The third-order valence-electron chi connectivity index (χ3n) is 2.25. The van der Waals surface area contributed by atoms with E-state index in [1.54, 1.807) is 6.92 Å². The Morgan fingerprint density at radius 2 is 2.33 bits per heavy atom. The highest BCUT2D eigenvalue weighted by Gasteiger charge is 2.10. The van der Waals surface area contributed by atoms with Crippen molar-refractivity contribution in [2.75, 3.05) is 7.11 Å². The summed E-state index contributed by atoms with van der Waals surface area (Å²) < 4.78 is 4.89. The minimum atomic E-state index is -0.982. The van der Waals surface area contributed by atoms with Gasteiger partial charge in [-0.05, 0) is 30.0 Å². The molecule has 0 spiro atoms. The van der Waals surface area contributed by atoms with Crippen LogP contribution in [-0.2, 0) is 20.9 Å². The van der Waals surface area contributed by atoms with Crippen molar-refractivity contribution in [2.24, 2.45) is 0 Å². The lowest BCUT2D eigenvalue weighted by Crippen LogP contribution is -2.33. The van der Waals surface area contributed by atoms with Crippen molar-refractivity contribution in [1.82, 2.24) is 5.32 Å². The molecule has 18 heavy (non-hydrogen) atoms. The molecule has 1 amide bonds. The summed E-state index contributed by atoms with van der Waals surface area (Å²) >= 11 is 1.46. The molecule has 0 aliphatic carbocycles. The topological polar surface area (TPSA) is 75.6 Å². The highest BCUT2D eigenvalue weighted by Crippen LogP contribution is 2.15. The second-order valence-electron chi connectivity index (χ2n) is 3.61. The number of carboxylic acid groups (broad SMARTS) is 1. The highest BCUT2D eigenvalue weighted by molar-refractivity contribution is 7.10. The number of ether oxygens (including phenoxy) is 1. The average molecular weight is 269 g/mol. The maximum Gasteiger partial charge on any atom is 0.328 e. The van der Waals surface area contributed by atoms with Crippen LogP contribution in [0.5, 0.6) is 0 Å². The maximum atomic E-state index is 11.4. The molecular formula is C12H15NO4S. The number of carbonyl (C=O) groups is 2. The number of amides is 1. The van der Waals surface area contributed by atoms with E-state index in [2.05, 4.69) is 5.32 Å². The molecule has 0 fully saturated rings. The number of nitrogens with one attached hydrogen (secondary N) is 1. The summed E-state index contributed by atoms with van der Waals surface area (Å²) in [6.45, 7) is 2.09. The largest absolute Gasteiger partial charge is 0.478 e. The van der Waals surface area contributed by atoms with Gasteiger partial charge in [0.1, 0.15) is 6.10 Å². The van der Waals surface area contributed by atoms with Gasteiger partial charge in [-0.25, -0.2) is 4.79 Å². The molecular weight excluding hydrogens is 254 g/mol. The van der Waals surface area contributed by atoms with Gasteiger partial charge in [-0.15, -0.1) is 11.3 Å². The number of carboxylic acids is 1. The van der Waals surface area contributed by atoms with E-state index in [9.17, 15) is 9.59 Å². The van der Waals surface area contributed by atoms with Crippen LogP contribution in [-0.4, -0.2) is 30.2 Å². The fourth-order valence-electron chi connectivity index (χ4n) is 1.17. The monoisotopic (exact) mass is 269 g/mol. The Bertz CT molecular complexity index is 453. The zero-order valence-electron chi connectivity index (χ0n) is 10.2. The van der Waals surface area contributed by atoms with Crippen LogP contribution in [0.25, 0.3) is 6.08 Å². The molecule has 5 nitrogen and oxygen atoms in total. The van der Waals surface area contributed by atoms with Crippen LogP contribution in [0, 0.1) is 0 Å². The molecule has 1 aromatic rings. The summed E-state index contributed by atoms with van der Waals surface area (Å²) in [4.78, 5) is 22.7. The molecule has 0 aromatic carbocycles. The standard InChI is InChI=1S/C12H15NO4S/c1-8(17-2)12(16)13-6-10-5-9(7-18-10)3-4-11(14)15/h3-5,7-8H,6H2,1-2H3,(H,13,16)(H,14,15)/b4-3+. The molecule has 6 heteroatoms. The Balaban J connectivity index is 2.49. The second kappa shape index (κ2) is 6.93. The zero-order chi connectivity index (χ0) is 13.5. The van der Waals surface area contributed by atoms with Gasteiger partial charge in [0.2, 0.25) is 5.91 Å². The van der Waals surface area contributed by atoms with E-state index in [1.807, 2.05) is 11.4 Å². The minimum Gasteiger partial charge on any atom is -0.478 e. The Hall–Kier alpha value is -1.66. The van der Waals surface area contributed by atoms with E-state index in [1.165, 1.54) is 24.5 Å². The molecule has 0 bridgehead atoms. The number of hydrogen-bond donors (Lipinski definition) is 2. The Morgan fingerprint density at radius 1 is 1.61 bits per heavy atom. The summed E-state index contributed by atoms with van der Waals surface area (Å²) in [5, 5.41) is 13.1. The van der Waals surface area contributed by atoms with Gasteiger partial charge in [-0.3, -0.25) is 4.79 Å². The van der Waals surface area contributed by atoms with Crippen LogP contribution < -0.4 is 5.32 Å². The van der Waals surface area contributed by atoms with Crippen molar-refractivity contribution in [3.8, 4) is 0 Å². The molecule has 1 unspecified atom stereocenters. The first-order valence-electron chi connectivity index (χ1n) is 5.32. The van der Waals surface area contributed by atoms with Crippen molar-refractivity contribution in [3.63, 3.8) is 0 Å². The van der Waals surface area contributed by atoms with Crippen LogP contribution in [0.1, 0.15) is 17.4 Å². The molecule has 0 saturated heterocycles. The van der Waals surface area contributed by atoms with Gasteiger partial charge in [-0.2, -0.15) is 0 Å². The first kappa shape index (κ1) is 14.4. The van der Waals surface area contributed by atoms with Gasteiger partial charge in [0.05, 0.1) is 6.54 Å². The second-order valence-corrected chi connectivity index (χ2v) is 4.61. The van der Waals surface area contributed by atoms with Gasteiger partial charge in [0.25, 0.3) is 0 Å². The van der Waals surface area contributed by atoms with E-state index in [4.69, 9.17) is 9.84 Å². The third-order valence-corrected chi connectivity index (χ3v) is 3.21. The Kier molecular flexibility index (Phi) is 5.54. The molecule has 0 aliphatic rings. The van der Waals surface area contributed by atoms with Crippen molar-refractivity contribution < 1.29 is 19.4 Å². The minimum absolute atomic E-state index is 0.173. The van der Waals surface area contributed by atoms with Crippen molar-refractivity contribution >= 4 is 29.3 Å². The van der Waals surface area contributed by atoms with E-state index in [-0.39, 0.29) is 5.91 Å². The fraction of sp³-hybridized carbons (Fsp3) is 0.333. The highest BCUT2D eigenvalue weighted by atomic mass is 32.1. The first-order chi connectivity index (χ1) is 8.52. The summed E-state index contributed by atoms with van der Waals surface area (Å²) in [5.74, 6) is -1.15. The molecule has 98 valence electrons. The predicted molar refractivity (Wildman–Crippen MR) is 69.3 cm³/mol. The van der Waals surface area contributed by atoms with Gasteiger partial charge < -0.3 is 15.2 Å². The van der Waals surface area contributed by atoms with E-state index in [0.29, 0.717) is 6.54 Å². The number of carbonyl (C=O) groups excluding carboxylic acids is 1. The third kappa shape index (κ3) is 4.68. The van der Waals surface area contributed by atoms with E-state index in [0.717, 1.165) is 16.5 Å². The summed E-state index contributed by atoms with van der Waals surface area (Å²) in [7, 11) is 1.48. The van der Waals surface area contributed by atoms with Crippen molar-refractivity contribution in [3.05, 3.63) is 28.0 Å². The lowest BCUT2D eigenvalue weighted by Gasteiger charge is -2.09. The predicted octanol–water partition coefficient (Wildman–Crippen LogP) is 1.50. The molecule has 1 rings (SSSR count). The zero-order valence-corrected chi connectivity index (χ0v) is 11.0. The SMILES string of the molecule is COC(C)C(=O)NCc1cc(/C=C/C(=O)O)cs1. The van der Waals surface area contributed by atoms with Crippen LogP contribution in [0.2, 0.25) is 0 Å². The number of rotatable bonds is 6. The van der Waals surface area contributed by atoms with Crippen LogP contribution in [0.3, 0.4) is 0 Å². The molecule has 0 radical (unpaired) electrons. The van der Waals surface area contributed by atoms with Gasteiger partial charge in [-0.1, -0.05) is 0 Å². The summed E-state index contributed by atoms with van der Waals surface area (Å²) in [6, 6.07) is 1.84. The van der Waals surface area contributed by atoms with Gasteiger partial charge in [0.15, 0.2) is 0 Å². The fourth-order valence-corrected chi connectivity index (χ4v) is 1.96. The van der Waals surface area contributed by atoms with E-state index < -0.39 is 12.1 Å². The smallest absolute Gasteiger partial charge is 0.328 e. The average Bonchev–Trinajstić information content (AvgIpc) is 2.80. The Morgan fingerprint density at radius 3 is 2.94 bits per heavy atom. The summed E-state index contributed by atoms with van der Waals surface area (Å²) in [5.41, 5.74) is 0.812. The quantitative estimate of drug-likeness (QED) is 0.767. The number of thiophene rings is 1. The lowest BCUT2D eigenvalue weighted by atomic mass is 10.3. The molecule has 0 aliphatic heterocycles. The maximum absolute atomic E-state index is 11.4. The molecule has 2 N–H and O–H groups in total. The molecule has 1 heterocycles. The van der Waals surface area contributed by atoms with Gasteiger partial charge >= 0.3 is 5.97 Å². The van der Waals surface area contributed by atoms with Crippen molar-refractivity contribution in [1.29, 1.82) is 0 Å². The first-order valence-corrected chi connectivity index (χ1v) is 6.20. The van der Waals surface area contributed by atoms with E-state index >= 15 is 0 Å². The van der Waals surface area contributed by atoms with Crippen molar-refractivity contribution in [2.45, 2.75) is 19.6 Å². The number of hydrogen-bond acceptors (Lipinski definition) is 4. The van der Waals surface area contributed by atoms with Crippen LogP contribution in [0.4, 0.5) is 0 Å². The normalized spacial score (nSPS) is 12.6. The van der Waals surface area contributed by atoms with Gasteiger partial charge in [0, 0.05) is 18.1 Å². The lowest BCUT2D eigenvalue weighted by molar-refractivity contribution is -0.131. The Labute approximate surface area is 109 Å². The van der Waals surface area contributed by atoms with Crippen LogP contribution >= 0.6 is 11.3 Å². The molecule has 0 saturated carbocycles. The molecule has 1 aromatic heterocycles.